The fraction of sp³-hybridized carbons (Fsp3) is 0.833. The van der Waals surface area contributed by atoms with Crippen molar-refractivity contribution in [2.75, 3.05) is 33.4 Å². The van der Waals surface area contributed by atoms with Gasteiger partial charge in [0.05, 0.1) is 30.6 Å². The van der Waals surface area contributed by atoms with Gasteiger partial charge in [0.15, 0.2) is 0 Å². The van der Waals surface area contributed by atoms with Gasteiger partial charge in [0.2, 0.25) is 0 Å². The predicted octanol–water partition coefficient (Wildman–Crippen LogP) is 0.460. The highest BCUT2D eigenvalue weighted by Gasteiger charge is 2.35. The number of piperidine rings is 1. The number of methoxy groups -OCH3 is 1. The molecule has 0 radical (unpaired) electrons. The van der Waals surface area contributed by atoms with Crippen LogP contribution in [0.3, 0.4) is 0 Å². The third-order valence-corrected chi connectivity index (χ3v) is 3.84. The second kappa shape index (κ2) is 5.34. The molecule has 0 spiro atoms. The lowest BCUT2D eigenvalue weighted by Crippen LogP contribution is -2.48. The predicted molar refractivity (Wildman–Crippen MR) is 65.2 cm³/mol. The first kappa shape index (κ1) is 12.1. The van der Waals surface area contributed by atoms with Gasteiger partial charge in [-0.1, -0.05) is 5.21 Å². The molecule has 3 rings (SSSR count). The third kappa shape index (κ3) is 2.28. The van der Waals surface area contributed by atoms with Crippen LogP contribution in [0.25, 0.3) is 0 Å². The minimum Gasteiger partial charge on any atom is -0.385 e. The van der Waals surface area contributed by atoms with E-state index in [9.17, 15) is 0 Å². The van der Waals surface area contributed by atoms with Crippen LogP contribution < -0.4 is 0 Å². The minimum atomic E-state index is 0.304. The molecule has 1 aromatic rings. The van der Waals surface area contributed by atoms with Crippen molar-refractivity contribution in [3.63, 3.8) is 0 Å². The van der Waals surface area contributed by atoms with Crippen molar-refractivity contribution in [1.82, 2.24) is 19.9 Å². The zero-order valence-corrected chi connectivity index (χ0v) is 10.8. The maximum absolute atomic E-state index is 5.89. The molecule has 0 N–H and O–H groups in total. The molecule has 0 amide bonds. The van der Waals surface area contributed by atoms with E-state index in [0.29, 0.717) is 18.8 Å². The Morgan fingerprint density at radius 2 is 2.50 bits per heavy atom. The van der Waals surface area contributed by atoms with E-state index >= 15 is 0 Å². The summed E-state index contributed by atoms with van der Waals surface area (Å²) < 4.78 is 13.0. The molecule has 0 bridgehead atoms. The summed E-state index contributed by atoms with van der Waals surface area (Å²) in [5, 5.41) is 8.20. The van der Waals surface area contributed by atoms with Crippen molar-refractivity contribution in [1.29, 1.82) is 0 Å². The molecule has 1 aromatic heterocycles. The highest BCUT2D eigenvalue weighted by Crippen LogP contribution is 2.29. The van der Waals surface area contributed by atoms with E-state index in [0.717, 1.165) is 44.8 Å². The van der Waals surface area contributed by atoms with Crippen LogP contribution in [-0.4, -0.2) is 59.3 Å². The maximum Gasteiger partial charge on any atom is 0.0929 e. The first-order valence-corrected chi connectivity index (χ1v) is 6.60. The van der Waals surface area contributed by atoms with Crippen LogP contribution in [0.15, 0.2) is 6.20 Å². The number of likely N-dealkylation sites (tertiary alicyclic amines) is 1. The monoisotopic (exact) mass is 252 g/mol. The number of aromatic nitrogens is 3. The summed E-state index contributed by atoms with van der Waals surface area (Å²) in [6.07, 6.45) is 4.27. The molecule has 1 fully saturated rings. The molecule has 2 atom stereocenters. The molecular formula is C12H20N4O2. The van der Waals surface area contributed by atoms with E-state index < -0.39 is 0 Å². The molecule has 6 nitrogen and oxygen atoms in total. The fourth-order valence-corrected chi connectivity index (χ4v) is 2.88. The van der Waals surface area contributed by atoms with Crippen LogP contribution in [0.5, 0.6) is 0 Å². The first-order chi connectivity index (χ1) is 8.88. The summed E-state index contributed by atoms with van der Waals surface area (Å²) in [4.78, 5) is 2.47. The Labute approximate surface area is 107 Å². The van der Waals surface area contributed by atoms with E-state index in [4.69, 9.17) is 9.47 Å². The minimum absolute atomic E-state index is 0.304. The van der Waals surface area contributed by atoms with Crippen molar-refractivity contribution < 1.29 is 9.47 Å². The summed E-state index contributed by atoms with van der Waals surface area (Å²) in [7, 11) is 1.75. The number of fused-ring (bicyclic) bond motifs is 3. The molecule has 1 saturated heterocycles. The smallest absolute Gasteiger partial charge is 0.0929 e. The van der Waals surface area contributed by atoms with Gasteiger partial charge < -0.3 is 14.4 Å². The van der Waals surface area contributed by atoms with Crippen LogP contribution in [0.1, 0.15) is 24.6 Å². The normalized spacial score (nSPS) is 27.8. The van der Waals surface area contributed by atoms with Gasteiger partial charge >= 0.3 is 0 Å². The lowest BCUT2D eigenvalue weighted by atomic mass is 10.0. The van der Waals surface area contributed by atoms with E-state index in [1.54, 1.807) is 13.3 Å². The fourth-order valence-electron chi connectivity index (χ4n) is 2.88. The van der Waals surface area contributed by atoms with Gasteiger partial charge in [0.1, 0.15) is 0 Å². The molecule has 2 aliphatic rings. The van der Waals surface area contributed by atoms with E-state index in [2.05, 4.69) is 19.9 Å². The second-order valence-electron chi connectivity index (χ2n) is 5.02. The quantitative estimate of drug-likeness (QED) is 0.729. The zero-order valence-electron chi connectivity index (χ0n) is 10.8. The average molecular weight is 252 g/mol. The summed E-state index contributed by atoms with van der Waals surface area (Å²) in [5.41, 5.74) is 1.09. The number of nitrogens with zero attached hydrogens (tertiary/aromatic N) is 4. The van der Waals surface area contributed by atoms with Crippen LogP contribution in [0, 0.1) is 0 Å². The average Bonchev–Trinajstić information content (AvgIpc) is 2.87. The van der Waals surface area contributed by atoms with Gasteiger partial charge in [-0.15, -0.1) is 5.10 Å². The molecule has 0 unspecified atom stereocenters. The molecule has 2 aliphatic heterocycles. The third-order valence-electron chi connectivity index (χ3n) is 3.84. The van der Waals surface area contributed by atoms with Crippen molar-refractivity contribution >= 4 is 0 Å². The van der Waals surface area contributed by atoms with Gasteiger partial charge in [0, 0.05) is 33.4 Å². The van der Waals surface area contributed by atoms with Gasteiger partial charge in [-0.2, -0.15) is 0 Å². The summed E-state index contributed by atoms with van der Waals surface area (Å²) in [6.45, 7) is 4.67. The Kier molecular flexibility index (Phi) is 3.58. The van der Waals surface area contributed by atoms with E-state index in [1.165, 1.54) is 0 Å². The van der Waals surface area contributed by atoms with Crippen molar-refractivity contribution in [3.05, 3.63) is 11.9 Å². The van der Waals surface area contributed by atoms with Gasteiger partial charge in [-0.25, -0.2) is 4.68 Å². The Bertz CT molecular complexity index is 395. The summed E-state index contributed by atoms with van der Waals surface area (Å²) in [5.74, 6) is 0. The molecule has 100 valence electrons. The van der Waals surface area contributed by atoms with Gasteiger partial charge in [-0.3, -0.25) is 0 Å². The Morgan fingerprint density at radius 3 is 3.39 bits per heavy atom. The van der Waals surface area contributed by atoms with E-state index in [-0.39, 0.29) is 0 Å². The maximum atomic E-state index is 5.89. The highest BCUT2D eigenvalue weighted by molar-refractivity contribution is 5.01. The lowest BCUT2D eigenvalue weighted by Gasteiger charge is -2.41. The van der Waals surface area contributed by atoms with Crippen LogP contribution >= 0.6 is 0 Å². The van der Waals surface area contributed by atoms with Gasteiger partial charge in [0.25, 0.3) is 0 Å². The largest absolute Gasteiger partial charge is 0.385 e. The number of rotatable bonds is 4. The first-order valence-electron chi connectivity index (χ1n) is 6.60. The molecule has 18 heavy (non-hydrogen) atoms. The molecule has 0 aromatic carbocycles. The summed E-state index contributed by atoms with van der Waals surface area (Å²) >= 11 is 0. The number of hydrogen-bond donors (Lipinski definition) is 0. The zero-order chi connectivity index (χ0) is 12.4. The molecule has 0 saturated carbocycles. The van der Waals surface area contributed by atoms with Crippen LogP contribution in [-0.2, 0) is 16.1 Å². The Morgan fingerprint density at radius 1 is 1.56 bits per heavy atom. The molecule has 0 aliphatic carbocycles. The SMILES string of the molecule is COCCCN1CC[C@H]2OCc3cnnn3[C@@H]2C1. The second-order valence-corrected chi connectivity index (χ2v) is 5.02. The lowest BCUT2D eigenvalue weighted by molar-refractivity contribution is -0.0661. The Hall–Kier alpha value is -0.980. The van der Waals surface area contributed by atoms with Crippen LogP contribution in [0.4, 0.5) is 0 Å². The standard InChI is InChI=1S/C12H20N4O2/c1-17-6-2-4-15-5-3-12-11(8-15)16-10(9-18-12)7-13-14-16/h7,11-12H,2-6,8-9H2,1H3/t11-,12-/m1/s1. The number of hydrogen-bond acceptors (Lipinski definition) is 5. The Balaban J connectivity index is 1.64. The van der Waals surface area contributed by atoms with Crippen molar-refractivity contribution in [2.24, 2.45) is 0 Å². The van der Waals surface area contributed by atoms with E-state index in [1.807, 2.05) is 0 Å². The summed E-state index contributed by atoms with van der Waals surface area (Å²) in [6, 6.07) is 0.326. The van der Waals surface area contributed by atoms with Gasteiger partial charge in [-0.05, 0) is 12.8 Å². The molecule has 6 heteroatoms. The molecule has 3 heterocycles. The van der Waals surface area contributed by atoms with Crippen molar-refractivity contribution in [3.8, 4) is 0 Å². The number of ether oxygens (including phenoxy) is 2. The topological polar surface area (TPSA) is 52.4 Å². The van der Waals surface area contributed by atoms with Crippen molar-refractivity contribution in [2.45, 2.75) is 31.6 Å². The molecular weight excluding hydrogens is 232 g/mol. The van der Waals surface area contributed by atoms with Crippen LogP contribution in [0.2, 0.25) is 0 Å². The highest BCUT2D eigenvalue weighted by atomic mass is 16.5.